The molecule has 0 N–H and O–H groups in total. The Bertz CT molecular complexity index is 163. The second kappa shape index (κ2) is 5.77. The molecule has 0 aromatic carbocycles. The van der Waals surface area contributed by atoms with Crippen molar-refractivity contribution in [2.24, 2.45) is 0 Å². The molecule has 0 aromatic heterocycles. The molecular weight excluding hydrogens is 156 g/mol. The highest BCUT2D eigenvalue weighted by atomic mass is 16.7. The first-order chi connectivity index (χ1) is 5.57. The van der Waals surface area contributed by atoms with Crippen molar-refractivity contribution in [2.45, 2.75) is 26.6 Å². The molecule has 0 spiro atoms. The molecule has 1 atom stereocenters. The quantitative estimate of drug-likeness (QED) is 0.359. The molecule has 3 nitrogen and oxygen atoms in total. The molecule has 1 unspecified atom stereocenters. The molecule has 0 aliphatic carbocycles. The van der Waals surface area contributed by atoms with Crippen LogP contribution in [0.3, 0.4) is 0 Å². The molecule has 0 aliphatic heterocycles. The number of hydrogen-bond acceptors (Lipinski definition) is 3. The maximum atomic E-state index is 10.9. The normalized spacial score (nSPS) is 12.2. The maximum Gasteiger partial charge on any atom is 0.335 e. The van der Waals surface area contributed by atoms with E-state index in [1.165, 1.54) is 0 Å². The van der Waals surface area contributed by atoms with E-state index in [-0.39, 0.29) is 0 Å². The van der Waals surface area contributed by atoms with Crippen LogP contribution >= 0.6 is 0 Å². The average Bonchev–Trinajstić information content (AvgIpc) is 2.00. The number of ether oxygens (including phenoxy) is 2. The molecule has 0 aromatic rings. The minimum atomic E-state index is -0.728. The molecule has 0 bridgehead atoms. The van der Waals surface area contributed by atoms with Crippen molar-refractivity contribution in [2.75, 3.05) is 6.61 Å². The van der Waals surface area contributed by atoms with Crippen molar-refractivity contribution < 1.29 is 14.3 Å². The summed E-state index contributed by atoms with van der Waals surface area (Å²) >= 11 is 0. The molecule has 69 valence electrons. The van der Waals surface area contributed by atoms with E-state index in [0.29, 0.717) is 12.2 Å². The average molecular weight is 171 g/mol. The summed E-state index contributed by atoms with van der Waals surface area (Å²) in [7, 11) is 0. The van der Waals surface area contributed by atoms with Crippen molar-refractivity contribution in [3.05, 3.63) is 19.1 Å². The van der Waals surface area contributed by atoms with Gasteiger partial charge in [-0.2, -0.15) is 0 Å². The summed E-state index contributed by atoms with van der Waals surface area (Å²) in [6.07, 6.45) is 0.144. The lowest BCUT2D eigenvalue weighted by atomic mass is 10.4. The second-order valence-corrected chi connectivity index (χ2v) is 2.49. The van der Waals surface area contributed by atoms with E-state index in [1.807, 2.05) is 6.92 Å². The van der Waals surface area contributed by atoms with E-state index in [0.717, 1.165) is 6.42 Å². The van der Waals surface area contributed by atoms with Gasteiger partial charge in [-0.05, 0) is 13.3 Å². The first kappa shape index (κ1) is 11.2. The Kier molecular flexibility index (Phi) is 5.37. The van der Waals surface area contributed by atoms with Gasteiger partial charge in [-0.1, -0.05) is 13.5 Å². The summed E-state index contributed by atoms with van der Waals surface area (Å²) in [6.45, 7) is 11.0. The third kappa shape index (κ3) is 4.91. The lowest BCUT2D eigenvalue weighted by Crippen LogP contribution is -2.19. The summed E-state index contributed by atoms with van der Waals surface area (Å²) < 4.78 is 9.76. The van der Waals surface area contributed by atoms with Crippen LogP contribution in [0.2, 0.25) is 0 Å². The van der Waals surface area contributed by atoms with Crippen LogP contribution in [0.15, 0.2) is 12.2 Å². The van der Waals surface area contributed by atoms with Crippen molar-refractivity contribution >= 4 is 5.97 Å². The largest absolute Gasteiger partial charge is 0.432 e. The van der Waals surface area contributed by atoms with E-state index in [9.17, 15) is 4.79 Å². The fourth-order valence-electron chi connectivity index (χ4n) is 0.503. The van der Waals surface area contributed by atoms with Crippen LogP contribution in [0.4, 0.5) is 0 Å². The van der Waals surface area contributed by atoms with Crippen molar-refractivity contribution in [1.82, 2.24) is 0 Å². The minimum Gasteiger partial charge on any atom is -0.432 e. The zero-order valence-corrected chi connectivity index (χ0v) is 7.63. The van der Waals surface area contributed by atoms with Crippen molar-refractivity contribution in [1.29, 1.82) is 0 Å². The highest BCUT2D eigenvalue weighted by Crippen LogP contribution is 1.99. The number of rotatable bonds is 5. The molecule has 1 radical (unpaired) electrons. The fourth-order valence-corrected chi connectivity index (χ4v) is 0.503. The van der Waals surface area contributed by atoms with Gasteiger partial charge in [0.1, 0.15) is 0 Å². The Labute approximate surface area is 73.4 Å². The topological polar surface area (TPSA) is 35.5 Å². The predicted molar refractivity (Wildman–Crippen MR) is 46.3 cm³/mol. The monoisotopic (exact) mass is 171 g/mol. The summed E-state index contributed by atoms with van der Waals surface area (Å²) in [4.78, 5) is 10.9. The molecule has 0 heterocycles. The third-order valence-electron chi connectivity index (χ3n) is 1.09. The maximum absolute atomic E-state index is 10.9. The molecule has 0 amide bonds. The second-order valence-electron chi connectivity index (χ2n) is 2.49. The lowest BCUT2D eigenvalue weighted by molar-refractivity contribution is -0.164. The van der Waals surface area contributed by atoms with Gasteiger partial charge in [0.25, 0.3) is 0 Å². The van der Waals surface area contributed by atoms with Crippen molar-refractivity contribution in [3.63, 3.8) is 0 Å². The lowest BCUT2D eigenvalue weighted by Gasteiger charge is -2.12. The van der Waals surface area contributed by atoms with E-state index in [2.05, 4.69) is 13.5 Å². The number of carbonyl (C=O) groups excluding carboxylic acids is 1. The van der Waals surface area contributed by atoms with Crippen LogP contribution in [0.1, 0.15) is 20.3 Å². The predicted octanol–water partition coefficient (Wildman–Crippen LogP) is 1.69. The molecule has 0 aliphatic rings. The Morgan fingerprint density at radius 3 is 2.58 bits per heavy atom. The van der Waals surface area contributed by atoms with Crippen LogP contribution in [0.5, 0.6) is 0 Å². The number of hydrogen-bond donors (Lipinski definition) is 0. The van der Waals surface area contributed by atoms with Gasteiger partial charge < -0.3 is 9.47 Å². The van der Waals surface area contributed by atoms with Crippen LogP contribution in [-0.4, -0.2) is 18.9 Å². The zero-order valence-electron chi connectivity index (χ0n) is 7.63. The first-order valence-corrected chi connectivity index (χ1v) is 3.89. The van der Waals surface area contributed by atoms with Crippen molar-refractivity contribution in [3.8, 4) is 0 Å². The van der Waals surface area contributed by atoms with Crippen LogP contribution in [-0.2, 0) is 14.3 Å². The number of esters is 1. The Morgan fingerprint density at radius 1 is 1.58 bits per heavy atom. The Balaban J connectivity index is 3.61. The summed E-state index contributed by atoms with van der Waals surface area (Å²) in [5.41, 5.74) is 0.351. The van der Waals surface area contributed by atoms with Gasteiger partial charge in [0, 0.05) is 12.5 Å². The van der Waals surface area contributed by atoms with Gasteiger partial charge in [0.05, 0.1) is 6.61 Å². The zero-order chi connectivity index (χ0) is 9.56. The summed E-state index contributed by atoms with van der Waals surface area (Å²) in [5.74, 6) is -0.467. The molecule has 0 fully saturated rings. The molecule has 0 saturated carbocycles. The highest BCUT2D eigenvalue weighted by molar-refractivity contribution is 5.87. The van der Waals surface area contributed by atoms with E-state index in [4.69, 9.17) is 9.47 Å². The fraction of sp³-hybridized carbons (Fsp3) is 0.556. The third-order valence-corrected chi connectivity index (χ3v) is 1.09. The standard InChI is InChI=1S/C9H15O3/c1-5-6-11-8(4)12-9(10)7(2)3/h8H,2,4-6H2,1,3H3. The Morgan fingerprint density at radius 2 is 2.17 bits per heavy atom. The van der Waals surface area contributed by atoms with Gasteiger partial charge >= 0.3 is 5.97 Å². The highest BCUT2D eigenvalue weighted by Gasteiger charge is 2.08. The van der Waals surface area contributed by atoms with Crippen LogP contribution in [0, 0.1) is 6.92 Å². The van der Waals surface area contributed by atoms with E-state index >= 15 is 0 Å². The van der Waals surface area contributed by atoms with E-state index < -0.39 is 12.3 Å². The van der Waals surface area contributed by atoms with E-state index in [1.54, 1.807) is 6.92 Å². The van der Waals surface area contributed by atoms with Gasteiger partial charge in [-0.15, -0.1) is 0 Å². The molecule has 12 heavy (non-hydrogen) atoms. The smallest absolute Gasteiger partial charge is 0.335 e. The van der Waals surface area contributed by atoms with Gasteiger partial charge in [-0.25, -0.2) is 4.79 Å². The first-order valence-electron chi connectivity index (χ1n) is 3.89. The molecule has 0 rings (SSSR count). The SMILES string of the molecule is [CH2]C(OCCC)OC(=O)C(=C)C. The van der Waals surface area contributed by atoms with Gasteiger partial charge in [-0.3, -0.25) is 0 Å². The summed E-state index contributed by atoms with van der Waals surface area (Å²) in [6, 6.07) is 0. The van der Waals surface area contributed by atoms with Gasteiger partial charge in [0.2, 0.25) is 6.29 Å². The van der Waals surface area contributed by atoms with Crippen LogP contribution in [0.25, 0.3) is 0 Å². The summed E-state index contributed by atoms with van der Waals surface area (Å²) in [5, 5.41) is 0. The molecular formula is C9H15O3. The number of carbonyl (C=O) groups is 1. The van der Waals surface area contributed by atoms with Gasteiger partial charge in [0.15, 0.2) is 0 Å². The molecule has 3 heteroatoms. The minimum absolute atomic E-state index is 0.351. The molecule has 0 saturated heterocycles. The Hall–Kier alpha value is -0.830. The van der Waals surface area contributed by atoms with Crippen LogP contribution < -0.4 is 0 Å².